The molecule has 3 heterocycles. The van der Waals surface area contributed by atoms with Gasteiger partial charge in [0.1, 0.15) is 18.2 Å². The lowest BCUT2D eigenvalue weighted by atomic mass is 10.2. The van der Waals surface area contributed by atoms with E-state index in [2.05, 4.69) is 27.0 Å². The van der Waals surface area contributed by atoms with Crippen LogP contribution >= 0.6 is 0 Å². The summed E-state index contributed by atoms with van der Waals surface area (Å²) in [4.78, 5) is 6.25. The molecule has 3 aromatic rings. The molecule has 1 aliphatic heterocycles. The predicted octanol–water partition coefficient (Wildman–Crippen LogP) is 2.06. The number of benzene rings is 1. The Morgan fingerprint density at radius 1 is 0.969 bits per heavy atom. The van der Waals surface area contributed by atoms with Crippen molar-refractivity contribution in [2.24, 2.45) is 0 Å². The number of aryl methyl sites for hydroxylation is 2. The van der Waals surface area contributed by atoms with Gasteiger partial charge in [0.05, 0.1) is 5.75 Å². The molecule has 1 aliphatic rings. The van der Waals surface area contributed by atoms with E-state index in [9.17, 15) is 8.42 Å². The van der Waals surface area contributed by atoms with Crippen LogP contribution in [0.4, 0.5) is 5.82 Å². The van der Waals surface area contributed by atoms with E-state index in [0.29, 0.717) is 37.7 Å². The van der Waals surface area contributed by atoms with Crippen LogP contribution in [0.25, 0.3) is 5.82 Å². The van der Waals surface area contributed by atoms with Crippen molar-refractivity contribution < 1.29 is 13.2 Å². The Morgan fingerprint density at radius 2 is 1.66 bits per heavy atom. The Balaban J connectivity index is 1.28. The maximum absolute atomic E-state index is 12.7. The molecule has 2 aromatic heterocycles. The number of anilines is 1. The van der Waals surface area contributed by atoms with Gasteiger partial charge < -0.3 is 9.64 Å². The van der Waals surface area contributed by atoms with Crippen molar-refractivity contribution in [1.29, 1.82) is 0 Å². The fourth-order valence-electron chi connectivity index (χ4n) is 3.65. The zero-order valence-electron chi connectivity index (χ0n) is 18.4. The van der Waals surface area contributed by atoms with Crippen molar-refractivity contribution in [3.05, 3.63) is 60.2 Å². The normalized spacial score (nSPS) is 15.1. The number of hydrogen-bond donors (Lipinski definition) is 0. The van der Waals surface area contributed by atoms with Gasteiger partial charge in [-0.15, -0.1) is 10.2 Å². The van der Waals surface area contributed by atoms with E-state index in [4.69, 9.17) is 4.74 Å². The molecule has 0 saturated carbocycles. The molecule has 1 saturated heterocycles. The van der Waals surface area contributed by atoms with Gasteiger partial charge in [0.15, 0.2) is 11.6 Å². The van der Waals surface area contributed by atoms with Crippen LogP contribution in [0.1, 0.15) is 18.3 Å². The lowest BCUT2D eigenvalue weighted by molar-refractivity contribution is 0.331. The fourth-order valence-corrected chi connectivity index (χ4v) is 4.92. The topological polar surface area (TPSA) is 93.5 Å². The van der Waals surface area contributed by atoms with E-state index in [-0.39, 0.29) is 12.4 Å². The summed E-state index contributed by atoms with van der Waals surface area (Å²) in [6.45, 7) is 6.09. The third kappa shape index (κ3) is 5.08. The van der Waals surface area contributed by atoms with Gasteiger partial charge in [-0.3, -0.25) is 4.57 Å². The van der Waals surface area contributed by atoms with Crippen LogP contribution in [0, 0.1) is 6.92 Å². The second-order valence-electron chi connectivity index (χ2n) is 7.64. The van der Waals surface area contributed by atoms with Crippen LogP contribution in [0.5, 0.6) is 5.75 Å². The average molecular weight is 457 g/mol. The number of aromatic nitrogens is 4. The van der Waals surface area contributed by atoms with Crippen molar-refractivity contribution in [3.8, 4) is 11.6 Å². The zero-order chi connectivity index (χ0) is 22.6. The standard InChI is InChI=1S/C22H28N6O3S/c1-3-19-4-6-20(7-5-19)31-16-17-32(29,30)27-14-12-26(13-15-27)21-8-9-22(25-24-21)28-11-10-23-18(28)2/h4-11H,3,12-17H2,1-2H3. The van der Waals surface area contributed by atoms with Gasteiger partial charge in [-0.1, -0.05) is 19.1 Å². The molecule has 9 nitrogen and oxygen atoms in total. The number of piperazine rings is 1. The van der Waals surface area contributed by atoms with Gasteiger partial charge in [0.2, 0.25) is 10.0 Å². The maximum atomic E-state index is 12.7. The first kappa shape index (κ1) is 22.2. The Kier molecular flexibility index (Phi) is 6.71. The molecule has 1 aromatic carbocycles. The smallest absolute Gasteiger partial charge is 0.217 e. The molecular formula is C22H28N6O3S. The molecule has 0 radical (unpaired) electrons. The molecule has 0 atom stereocenters. The minimum absolute atomic E-state index is 0.0404. The summed E-state index contributed by atoms with van der Waals surface area (Å²) in [5, 5.41) is 8.61. The monoisotopic (exact) mass is 456 g/mol. The molecule has 0 N–H and O–H groups in total. The van der Waals surface area contributed by atoms with Crippen molar-refractivity contribution in [2.45, 2.75) is 20.3 Å². The molecule has 0 aliphatic carbocycles. The highest BCUT2D eigenvalue weighted by Gasteiger charge is 2.27. The van der Waals surface area contributed by atoms with Crippen LogP contribution in [0.3, 0.4) is 0 Å². The second-order valence-corrected chi connectivity index (χ2v) is 9.73. The van der Waals surface area contributed by atoms with Crippen molar-refractivity contribution in [2.75, 3.05) is 43.4 Å². The third-order valence-electron chi connectivity index (χ3n) is 5.61. The first-order valence-corrected chi connectivity index (χ1v) is 12.4. The number of rotatable bonds is 8. The highest BCUT2D eigenvalue weighted by atomic mass is 32.2. The Bertz CT molecular complexity index is 1120. The number of hydrogen-bond acceptors (Lipinski definition) is 7. The van der Waals surface area contributed by atoms with Crippen LogP contribution < -0.4 is 9.64 Å². The minimum Gasteiger partial charge on any atom is -0.492 e. The molecule has 0 bridgehead atoms. The molecule has 0 amide bonds. The maximum Gasteiger partial charge on any atom is 0.217 e. The summed E-state index contributed by atoms with van der Waals surface area (Å²) >= 11 is 0. The van der Waals surface area contributed by atoms with Crippen LogP contribution in [-0.2, 0) is 16.4 Å². The molecule has 32 heavy (non-hydrogen) atoms. The minimum atomic E-state index is -3.38. The van der Waals surface area contributed by atoms with E-state index in [1.165, 1.54) is 9.87 Å². The third-order valence-corrected chi connectivity index (χ3v) is 7.44. The highest BCUT2D eigenvalue weighted by Crippen LogP contribution is 2.17. The number of ether oxygens (including phenoxy) is 1. The van der Waals surface area contributed by atoms with Crippen LogP contribution in [0.15, 0.2) is 48.8 Å². The van der Waals surface area contributed by atoms with Crippen molar-refractivity contribution in [1.82, 2.24) is 24.1 Å². The summed E-state index contributed by atoms with van der Waals surface area (Å²) < 4.78 is 34.5. The van der Waals surface area contributed by atoms with E-state index >= 15 is 0 Å². The predicted molar refractivity (Wildman–Crippen MR) is 123 cm³/mol. The van der Waals surface area contributed by atoms with Crippen molar-refractivity contribution >= 4 is 15.8 Å². The summed E-state index contributed by atoms with van der Waals surface area (Å²) in [6.07, 6.45) is 4.52. The summed E-state index contributed by atoms with van der Waals surface area (Å²) in [6, 6.07) is 11.5. The fraction of sp³-hybridized carbons (Fsp3) is 0.409. The van der Waals surface area contributed by atoms with E-state index in [1.54, 1.807) is 6.20 Å². The summed E-state index contributed by atoms with van der Waals surface area (Å²) in [5.41, 5.74) is 1.22. The molecule has 4 rings (SSSR count). The molecule has 170 valence electrons. The van der Waals surface area contributed by atoms with Crippen LogP contribution in [0.2, 0.25) is 0 Å². The zero-order valence-corrected chi connectivity index (χ0v) is 19.2. The Hall–Kier alpha value is -2.98. The molecule has 0 unspecified atom stereocenters. The largest absolute Gasteiger partial charge is 0.492 e. The van der Waals surface area contributed by atoms with E-state index in [0.717, 1.165) is 18.1 Å². The highest BCUT2D eigenvalue weighted by molar-refractivity contribution is 7.89. The van der Waals surface area contributed by atoms with Gasteiger partial charge in [0, 0.05) is 38.6 Å². The molecule has 10 heteroatoms. The van der Waals surface area contributed by atoms with Gasteiger partial charge in [-0.05, 0) is 43.2 Å². The average Bonchev–Trinajstić information content (AvgIpc) is 3.25. The van der Waals surface area contributed by atoms with Crippen LogP contribution in [-0.4, -0.2) is 71.0 Å². The second kappa shape index (κ2) is 9.66. The van der Waals surface area contributed by atoms with Gasteiger partial charge in [0.25, 0.3) is 0 Å². The number of imidazole rings is 1. The van der Waals surface area contributed by atoms with Crippen molar-refractivity contribution in [3.63, 3.8) is 0 Å². The molecule has 1 fully saturated rings. The van der Waals surface area contributed by atoms with E-state index < -0.39 is 10.0 Å². The van der Waals surface area contributed by atoms with Gasteiger partial charge >= 0.3 is 0 Å². The molecule has 0 spiro atoms. The summed E-state index contributed by atoms with van der Waals surface area (Å²) in [7, 11) is -3.38. The first-order valence-electron chi connectivity index (χ1n) is 10.7. The van der Waals surface area contributed by atoms with Gasteiger partial charge in [-0.25, -0.2) is 13.4 Å². The molecular weight excluding hydrogens is 428 g/mol. The summed E-state index contributed by atoms with van der Waals surface area (Å²) in [5.74, 6) is 2.93. The lowest BCUT2D eigenvalue weighted by Crippen LogP contribution is -2.50. The number of sulfonamides is 1. The first-order chi connectivity index (χ1) is 15.5. The lowest BCUT2D eigenvalue weighted by Gasteiger charge is -2.34. The van der Waals surface area contributed by atoms with Gasteiger partial charge in [-0.2, -0.15) is 4.31 Å². The Labute approximate surface area is 188 Å². The SMILES string of the molecule is CCc1ccc(OCCS(=O)(=O)N2CCN(c3ccc(-n4ccnc4C)nn3)CC2)cc1. The van der Waals surface area contributed by atoms with E-state index in [1.807, 2.05) is 54.1 Å². The number of nitrogens with zero attached hydrogens (tertiary/aromatic N) is 6. The Morgan fingerprint density at radius 3 is 2.25 bits per heavy atom. The quantitative estimate of drug-likeness (QED) is 0.512.